The number of carbonyl (C=O) groups excluding carboxylic acids is 2. The van der Waals surface area contributed by atoms with Crippen molar-refractivity contribution in [1.82, 2.24) is 0 Å². The summed E-state index contributed by atoms with van der Waals surface area (Å²) in [5.74, 6) is -2.06. The standard InChI is InChI=1S/C10H18N2O4/c1-6(2)10(12,8(11)13)9(14)16-7-3-4-15-5-7/h6-7H,3-5,12H2,1-2H3,(H2,11,13)/t7?,10-/m0/s1. The van der Waals surface area contributed by atoms with Gasteiger partial charge in [-0.05, 0) is 5.92 Å². The zero-order valence-electron chi connectivity index (χ0n) is 9.56. The zero-order valence-corrected chi connectivity index (χ0v) is 9.56. The molecule has 1 saturated heterocycles. The number of hydrogen-bond donors (Lipinski definition) is 2. The maximum absolute atomic E-state index is 11.8. The number of primary amides is 1. The molecule has 0 bridgehead atoms. The number of ether oxygens (including phenoxy) is 2. The van der Waals surface area contributed by atoms with E-state index in [4.69, 9.17) is 20.9 Å². The van der Waals surface area contributed by atoms with E-state index >= 15 is 0 Å². The van der Waals surface area contributed by atoms with Crippen molar-refractivity contribution >= 4 is 11.9 Å². The molecule has 1 rings (SSSR count). The van der Waals surface area contributed by atoms with Gasteiger partial charge in [-0.2, -0.15) is 0 Å². The number of hydrogen-bond acceptors (Lipinski definition) is 5. The molecule has 92 valence electrons. The second kappa shape index (κ2) is 4.80. The van der Waals surface area contributed by atoms with Gasteiger partial charge in [0.05, 0.1) is 13.2 Å². The van der Waals surface area contributed by atoms with Crippen LogP contribution in [-0.2, 0) is 19.1 Å². The first-order valence-electron chi connectivity index (χ1n) is 5.26. The van der Waals surface area contributed by atoms with Gasteiger partial charge in [0.25, 0.3) is 0 Å². The molecule has 6 nitrogen and oxygen atoms in total. The summed E-state index contributed by atoms with van der Waals surface area (Å²) in [4.78, 5) is 23.0. The lowest BCUT2D eigenvalue weighted by Crippen LogP contribution is -2.62. The summed E-state index contributed by atoms with van der Waals surface area (Å²) >= 11 is 0. The number of carbonyl (C=O) groups is 2. The largest absolute Gasteiger partial charge is 0.458 e. The second-order valence-corrected chi connectivity index (χ2v) is 4.28. The normalized spacial score (nSPS) is 24.1. The van der Waals surface area contributed by atoms with Crippen molar-refractivity contribution in [2.75, 3.05) is 13.2 Å². The van der Waals surface area contributed by atoms with Crippen LogP contribution in [0.2, 0.25) is 0 Å². The highest BCUT2D eigenvalue weighted by Crippen LogP contribution is 2.18. The van der Waals surface area contributed by atoms with Crippen LogP contribution in [0.4, 0.5) is 0 Å². The van der Waals surface area contributed by atoms with Crippen molar-refractivity contribution in [3.05, 3.63) is 0 Å². The first kappa shape index (κ1) is 12.9. The zero-order chi connectivity index (χ0) is 12.3. The quantitative estimate of drug-likeness (QED) is 0.484. The highest BCUT2D eigenvalue weighted by atomic mass is 16.6. The lowest BCUT2D eigenvalue weighted by Gasteiger charge is -2.28. The number of rotatable bonds is 4. The Kier molecular flexibility index (Phi) is 3.88. The van der Waals surface area contributed by atoms with E-state index in [0.29, 0.717) is 19.6 Å². The van der Waals surface area contributed by atoms with Gasteiger partial charge < -0.3 is 20.9 Å². The fourth-order valence-corrected chi connectivity index (χ4v) is 1.48. The maximum atomic E-state index is 11.8. The Labute approximate surface area is 94.2 Å². The van der Waals surface area contributed by atoms with Gasteiger partial charge in [0.15, 0.2) is 5.54 Å². The number of esters is 1. The molecule has 1 unspecified atom stereocenters. The molecule has 2 atom stereocenters. The Morgan fingerprint density at radius 3 is 2.50 bits per heavy atom. The molecule has 0 aromatic rings. The molecule has 0 radical (unpaired) electrons. The number of nitrogens with two attached hydrogens (primary N) is 2. The number of amides is 1. The van der Waals surface area contributed by atoms with Crippen molar-refractivity contribution in [2.24, 2.45) is 17.4 Å². The van der Waals surface area contributed by atoms with Crippen LogP contribution >= 0.6 is 0 Å². The van der Waals surface area contributed by atoms with Crippen molar-refractivity contribution in [3.63, 3.8) is 0 Å². The molecule has 1 heterocycles. The van der Waals surface area contributed by atoms with Crippen LogP contribution in [0.1, 0.15) is 20.3 Å². The van der Waals surface area contributed by atoms with Crippen molar-refractivity contribution in [3.8, 4) is 0 Å². The summed E-state index contributed by atoms with van der Waals surface area (Å²) < 4.78 is 10.2. The van der Waals surface area contributed by atoms with Gasteiger partial charge in [0, 0.05) is 6.42 Å². The monoisotopic (exact) mass is 230 g/mol. The van der Waals surface area contributed by atoms with Crippen LogP contribution in [0.25, 0.3) is 0 Å². The Morgan fingerprint density at radius 1 is 1.50 bits per heavy atom. The molecule has 1 aliphatic heterocycles. The highest BCUT2D eigenvalue weighted by molar-refractivity contribution is 6.06. The van der Waals surface area contributed by atoms with Crippen LogP contribution in [0, 0.1) is 5.92 Å². The first-order valence-corrected chi connectivity index (χ1v) is 5.26. The smallest absolute Gasteiger partial charge is 0.336 e. The predicted molar refractivity (Wildman–Crippen MR) is 56.3 cm³/mol. The first-order chi connectivity index (χ1) is 7.39. The van der Waals surface area contributed by atoms with Gasteiger partial charge in [-0.3, -0.25) is 4.79 Å². The van der Waals surface area contributed by atoms with Crippen molar-refractivity contribution in [1.29, 1.82) is 0 Å². The Hall–Kier alpha value is -1.14. The van der Waals surface area contributed by atoms with Gasteiger partial charge in [-0.15, -0.1) is 0 Å². The van der Waals surface area contributed by atoms with E-state index in [2.05, 4.69) is 0 Å². The summed E-state index contributed by atoms with van der Waals surface area (Å²) in [5, 5.41) is 0. The van der Waals surface area contributed by atoms with Gasteiger partial charge in [0.1, 0.15) is 6.10 Å². The average molecular weight is 230 g/mol. The molecule has 1 amide bonds. The predicted octanol–water partition coefficient (Wildman–Crippen LogP) is -0.843. The van der Waals surface area contributed by atoms with Gasteiger partial charge in [-0.25, -0.2) is 4.79 Å². The van der Waals surface area contributed by atoms with E-state index in [0.717, 1.165) is 0 Å². The SMILES string of the molecule is CC(C)[C@](N)(C(N)=O)C(=O)OC1CCOC1. The van der Waals surface area contributed by atoms with E-state index < -0.39 is 23.3 Å². The van der Waals surface area contributed by atoms with Crippen molar-refractivity contribution in [2.45, 2.75) is 31.9 Å². The van der Waals surface area contributed by atoms with Crippen LogP contribution in [0.15, 0.2) is 0 Å². The van der Waals surface area contributed by atoms with Crippen LogP contribution in [-0.4, -0.2) is 36.7 Å². The summed E-state index contributed by atoms with van der Waals surface area (Å²) in [5.41, 5.74) is 9.11. The second-order valence-electron chi connectivity index (χ2n) is 4.28. The lowest BCUT2D eigenvalue weighted by molar-refractivity contribution is -0.160. The minimum absolute atomic E-state index is 0.325. The maximum Gasteiger partial charge on any atom is 0.336 e. The summed E-state index contributed by atoms with van der Waals surface area (Å²) in [7, 11) is 0. The van der Waals surface area contributed by atoms with Crippen LogP contribution in [0.3, 0.4) is 0 Å². The van der Waals surface area contributed by atoms with Gasteiger partial charge >= 0.3 is 5.97 Å². The van der Waals surface area contributed by atoms with Crippen molar-refractivity contribution < 1.29 is 19.1 Å². The minimum Gasteiger partial charge on any atom is -0.458 e. The molecule has 16 heavy (non-hydrogen) atoms. The van der Waals surface area contributed by atoms with Crippen LogP contribution < -0.4 is 11.5 Å². The summed E-state index contributed by atoms with van der Waals surface area (Å²) in [6, 6.07) is 0. The highest BCUT2D eigenvalue weighted by Gasteiger charge is 2.46. The molecule has 4 N–H and O–H groups in total. The molecule has 0 saturated carbocycles. The van der Waals surface area contributed by atoms with Gasteiger partial charge in [0.2, 0.25) is 5.91 Å². The molecule has 0 aliphatic carbocycles. The molecule has 6 heteroatoms. The van der Waals surface area contributed by atoms with E-state index in [1.807, 2.05) is 0 Å². The molecule has 1 aliphatic rings. The molecule has 1 fully saturated rings. The third kappa shape index (κ3) is 2.33. The summed E-state index contributed by atoms with van der Waals surface area (Å²) in [6.45, 7) is 4.20. The van der Waals surface area contributed by atoms with E-state index in [-0.39, 0.29) is 6.10 Å². The molecular weight excluding hydrogens is 212 g/mol. The third-order valence-electron chi connectivity index (χ3n) is 2.82. The Balaban J connectivity index is 2.71. The molecule has 0 aromatic carbocycles. The van der Waals surface area contributed by atoms with Crippen LogP contribution in [0.5, 0.6) is 0 Å². The lowest BCUT2D eigenvalue weighted by atomic mass is 9.87. The fraction of sp³-hybridized carbons (Fsp3) is 0.800. The summed E-state index contributed by atoms with van der Waals surface area (Å²) in [6.07, 6.45) is 0.298. The molecule has 0 aromatic heterocycles. The minimum atomic E-state index is -1.76. The van der Waals surface area contributed by atoms with E-state index in [9.17, 15) is 9.59 Å². The third-order valence-corrected chi connectivity index (χ3v) is 2.82. The van der Waals surface area contributed by atoms with Gasteiger partial charge in [-0.1, -0.05) is 13.8 Å². The molecular formula is C10H18N2O4. The molecule has 0 spiro atoms. The Morgan fingerprint density at radius 2 is 2.12 bits per heavy atom. The average Bonchev–Trinajstić information content (AvgIpc) is 2.68. The van der Waals surface area contributed by atoms with E-state index in [1.54, 1.807) is 13.8 Å². The fourth-order valence-electron chi connectivity index (χ4n) is 1.48. The topological polar surface area (TPSA) is 105 Å². The Bertz CT molecular complexity index is 287. The van der Waals surface area contributed by atoms with E-state index in [1.165, 1.54) is 0 Å².